The third-order valence-electron chi connectivity index (χ3n) is 2.89. The number of aromatic nitrogens is 1. The Morgan fingerprint density at radius 1 is 1.40 bits per heavy atom. The van der Waals surface area contributed by atoms with Gasteiger partial charge < -0.3 is 9.64 Å². The molecule has 0 aliphatic carbocycles. The number of anilines is 1. The van der Waals surface area contributed by atoms with Crippen LogP contribution < -0.4 is 16.2 Å². The number of rotatable bonds is 2. The Morgan fingerprint density at radius 3 is 2.60 bits per heavy atom. The second-order valence-corrected chi connectivity index (χ2v) is 4.16. The highest BCUT2D eigenvalue weighted by Gasteiger charge is 2.33. The topological polar surface area (TPSA) is 80.5 Å². The lowest BCUT2D eigenvalue weighted by atomic mass is 10.1. The minimum absolute atomic E-state index is 0.103. The molecule has 1 aromatic rings. The maximum atomic E-state index is 12.7. The molecule has 1 saturated heterocycles. The van der Waals surface area contributed by atoms with Crippen LogP contribution >= 0.6 is 0 Å². The number of alkyl halides is 3. The average molecular weight is 290 g/mol. The van der Waals surface area contributed by atoms with Crippen molar-refractivity contribution >= 4 is 11.6 Å². The molecule has 0 unspecified atom stereocenters. The molecule has 1 aromatic heterocycles. The average Bonchev–Trinajstić information content (AvgIpc) is 2.46. The van der Waals surface area contributed by atoms with Crippen molar-refractivity contribution in [1.82, 2.24) is 10.4 Å². The summed E-state index contributed by atoms with van der Waals surface area (Å²) in [5.74, 6) is 4.29. The van der Waals surface area contributed by atoms with Crippen LogP contribution in [0.2, 0.25) is 0 Å². The first kappa shape index (κ1) is 14.5. The summed E-state index contributed by atoms with van der Waals surface area (Å²) in [7, 11) is 0. The molecule has 1 amide bonds. The van der Waals surface area contributed by atoms with Crippen molar-refractivity contribution in [2.75, 3.05) is 31.2 Å². The van der Waals surface area contributed by atoms with Gasteiger partial charge in [0.05, 0.1) is 24.5 Å². The van der Waals surface area contributed by atoms with Gasteiger partial charge in [0.2, 0.25) is 0 Å². The zero-order chi connectivity index (χ0) is 14.8. The zero-order valence-electron chi connectivity index (χ0n) is 10.4. The molecule has 0 aromatic carbocycles. The Morgan fingerprint density at radius 2 is 2.05 bits per heavy atom. The van der Waals surface area contributed by atoms with E-state index in [1.54, 1.807) is 4.90 Å². The van der Waals surface area contributed by atoms with Gasteiger partial charge in [-0.2, -0.15) is 13.2 Å². The van der Waals surface area contributed by atoms with E-state index in [1.165, 1.54) is 0 Å². The van der Waals surface area contributed by atoms with Crippen molar-refractivity contribution < 1.29 is 22.7 Å². The Bertz CT molecular complexity index is 501. The number of hydrogen-bond acceptors (Lipinski definition) is 5. The largest absolute Gasteiger partial charge is 0.417 e. The summed E-state index contributed by atoms with van der Waals surface area (Å²) in [6, 6.07) is 0.906. The summed E-state index contributed by atoms with van der Waals surface area (Å²) in [6.45, 7) is 1.52. The highest BCUT2D eigenvalue weighted by atomic mass is 19.4. The number of amides is 1. The van der Waals surface area contributed by atoms with Crippen molar-refractivity contribution in [3.63, 3.8) is 0 Å². The van der Waals surface area contributed by atoms with Crippen LogP contribution in [-0.4, -0.2) is 37.2 Å². The lowest BCUT2D eigenvalue weighted by molar-refractivity contribution is -0.137. The third kappa shape index (κ3) is 2.99. The number of pyridine rings is 1. The summed E-state index contributed by atoms with van der Waals surface area (Å²) < 4.78 is 43.4. The molecule has 9 heteroatoms. The van der Waals surface area contributed by atoms with Crippen LogP contribution in [0.4, 0.5) is 18.9 Å². The minimum atomic E-state index is -4.52. The fraction of sp³-hybridized carbons (Fsp3) is 0.455. The van der Waals surface area contributed by atoms with Gasteiger partial charge in [0.1, 0.15) is 0 Å². The van der Waals surface area contributed by atoms with Gasteiger partial charge in [-0.1, -0.05) is 0 Å². The number of nitrogens with two attached hydrogens (primary N) is 1. The quantitative estimate of drug-likeness (QED) is 0.472. The maximum Gasteiger partial charge on any atom is 0.417 e. The van der Waals surface area contributed by atoms with Crippen molar-refractivity contribution in [3.8, 4) is 0 Å². The van der Waals surface area contributed by atoms with Gasteiger partial charge >= 0.3 is 6.18 Å². The molecule has 3 N–H and O–H groups in total. The van der Waals surface area contributed by atoms with Gasteiger partial charge in [0.15, 0.2) is 5.69 Å². The van der Waals surface area contributed by atoms with Gasteiger partial charge in [-0.3, -0.25) is 10.2 Å². The van der Waals surface area contributed by atoms with E-state index in [1.807, 2.05) is 5.43 Å². The SMILES string of the molecule is NNC(=O)c1ncc(C(F)(F)F)cc1N1CCOCC1. The Kier molecular flexibility index (Phi) is 4.09. The maximum absolute atomic E-state index is 12.7. The number of carbonyl (C=O) groups excluding carboxylic acids is 1. The Balaban J connectivity index is 2.44. The Labute approximate surface area is 112 Å². The van der Waals surface area contributed by atoms with Crippen LogP contribution in [-0.2, 0) is 10.9 Å². The number of halogens is 3. The predicted octanol–water partition coefficient (Wildman–Crippen LogP) is 0.540. The van der Waals surface area contributed by atoms with E-state index in [2.05, 4.69) is 4.98 Å². The Hall–Kier alpha value is -1.87. The molecule has 110 valence electrons. The first-order valence-corrected chi connectivity index (χ1v) is 5.84. The summed E-state index contributed by atoms with van der Waals surface area (Å²) >= 11 is 0. The van der Waals surface area contributed by atoms with Crippen molar-refractivity contribution in [3.05, 3.63) is 23.5 Å². The van der Waals surface area contributed by atoms with Gasteiger partial charge in [-0.05, 0) is 6.07 Å². The lowest BCUT2D eigenvalue weighted by Crippen LogP contribution is -2.39. The predicted molar refractivity (Wildman–Crippen MR) is 63.9 cm³/mol. The molecule has 0 bridgehead atoms. The fourth-order valence-corrected chi connectivity index (χ4v) is 1.90. The van der Waals surface area contributed by atoms with Crippen molar-refractivity contribution in [1.29, 1.82) is 0 Å². The van der Waals surface area contributed by atoms with E-state index in [4.69, 9.17) is 10.6 Å². The van der Waals surface area contributed by atoms with Crippen LogP contribution in [0.3, 0.4) is 0 Å². The number of hydrazine groups is 1. The first-order chi connectivity index (χ1) is 9.43. The minimum Gasteiger partial charge on any atom is -0.378 e. The van der Waals surface area contributed by atoms with E-state index < -0.39 is 17.6 Å². The smallest absolute Gasteiger partial charge is 0.378 e. The second kappa shape index (κ2) is 5.63. The van der Waals surface area contributed by atoms with E-state index in [0.29, 0.717) is 32.5 Å². The molecule has 0 radical (unpaired) electrons. The molecule has 6 nitrogen and oxygen atoms in total. The van der Waals surface area contributed by atoms with E-state index in [0.717, 1.165) is 6.07 Å². The molecule has 0 spiro atoms. The van der Waals surface area contributed by atoms with Gasteiger partial charge in [-0.15, -0.1) is 0 Å². The number of carbonyl (C=O) groups is 1. The summed E-state index contributed by atoms with van der Waals surface area (Å²) in [5, 5.41) is 0. The van der Waals surface area contributed by atoms with Crippen molar-refractivity contribution in [2.45, 2.75) is 6.18 Å². The molecule has 0 atom stereocenters. The highest BCUT2D eigenvalue weighted by Crippen LogP contribution is 2.32. The number of hydrogen-bond donors (Lipinski definition) is 2. The number of nitrogens with zero attached hydrogens (tertiary/aromatic N) is 2. The standard InChI is InChI=1S/C11H13F3N4O2/c12-11(13,14)7-5-8(18-1-3-20-4-2-18)9(16-6-7)10(19)17-15/h5-6H,1-4,15H2,(H,17,19). The number of morpholine rings is 1. The fourth-order valence-electron chi connectivity index (χ4n) is 1.90. The second-order valence-electron chi connectivity index (χ2n) is 4.16. The third-order valence-corrected chi connectivity index (χ3v) is 2.89. The molecule has 1 aliphatic heterocycles. The van der Waals surface area contributed by atoms with Gasteiger partial charge in [0.25, 0.3) is 5.91 Å². The molecule has 0 saturated carbocycles. The highest BCUT2D eigenvalue weighted by molar-refractivity contribution is 5.97. The number of ether oxygens (including phenoxy) is 1. The zero-order valence-corrected chi connectivity index (χ0v) is 10.4. The molecule has 2 heterocycles. The monoisotopic (exact) mass is 290 g/mol. The van der Waals surface area contributed by atoms with Crippen LogP contribution in [0.15, 0.2) is 12.3 Å². The van der Waals surface area contributed by atoms with Gasteiger partial charge in [0, 0.05) is 19.3 Å². The molecular formula is C11H13F3N4O2. The molecule has 2 rings (SSSR count). The van der Waals surface area contributed by atoms with Crippen LogP contribution in [0.5, 0.6) is 0 Å². The summed E-state index contributed by atoms with van der Waals surface area (Å²) in [6.07, 6.45) is -3.90. The molecular weight excluding hydrogens is 277 g/mol. The normalized spacial score (nSPS) is 16.1. The van der Waals surface area contributed by atoms with Gasteiger partial charge in [-0.25, -0.2) is 10.8 Å². The van der Waals surface area contributed by atoms with E-state index in [-0.39, 0.29) is 11.4 Å². The molecule has 20 heavy (non-hydrogen) atoms. The van der Waals surface area contributed by atoms with Crippen molar-refractivity contribution in [2.24, 2.45) is 5.84 Å². The van der Waals surface area contributed by atoms with E-state index in [9.17, 15) is 18.0 Å². The molecule has 1 aliphatic rings. The molecule has 1 fully saturated rings. The van der Waals surface area contributed by atoms with Crippen LogP contribution in [0.25, 0.3) is 0 Å². The van der Waals surface area contributed by atoms with E-state index >= 15 is 0 Å². The number of nitrogens with one attached hydrogen (secondary N) is 1. The summed E-state index contributed by atoms with van der Waals surface area (Å²) in [5.41, 5.74) is 0.935. The first-order valence-electron chi connectivity index (χ1n) is 5.84. The summed E-state index contributed by atoms with van der Waals surface area (Å²) in [4.78, 5) is 16.8. The van der Waals surface area contributed by atoms with Crippen LogP contribution in [0, 0.1) is 0 Å². The lowest BCUT2D eigenvalue weighted by Gasteiger charge is -2.30. The number of nitrogen functional groups attached to an aromatic ring is 1. The van der Waals surface area contributed by atoms with Crippen LogP contribution in [0.1, 0.15) is 16.1 Å².